The predicted molar refractivity (Wildman–Crippen MR) is 90.3 cm³/mol. The largest absolute Gasteiger partial charge is 0.478 e. The Hall–Kier alpha value is -2.25. The van der Waals surface area contributed by atoms with Crippen molar-refractivity contribution in [2.75, 3.05) is 13.1 Å². The van der Waals surface area contributed by atoms with Crippen LogP contribution in [0.1, 0.15) is 39.8 Å². The Labute approximate surface area is 142 Å². The fourth-order valence-corrected chi connectivity index (χ4v) is 4.25. The van der Waals surface area contributed by atoms with Gasteiger partial charge in [-0.05, 0) is 38.1 Å². The molecule has 2 aromatic heterocycles. The third kappa shape index (κ3) is 2.92. The Morgan fingerprint density at radius 3 is 2.88 bits per heavy atom. The van der Waals surface area contributed by atoms with E-state index in [1.165, 1.54) is 11.0 Å². The summed E-state index contributed by atoms with van der Waals surface area (Å²) in [6.07, 6.45) is 3.00. The molecular weight excluding hydrogens is 326 g/mol. The van der Waals surface area contributed by atoms with Crippen LogP contribution in [0.4, 0.5) is 0 Å². The first-order valence-corrected chi connectivity index (χ1v) is 8.77. The summed E-state index contributed by atoms with van der Waals surface area (Å²) in [6.45, 7) is 2.66. The van der Waals surface area contributed by atoms with Gasteiger partial charge in [-0.15, -0.1) is 11.3 Å². The summed E-state index contributed by atoms with van der Waals surface area (Å²) in [7, 11) is 0. The molecule has 7 heteroatoms. The second-order valence-corrected chi connectivity index (χ2v) is 7.16. The Bertz CT molecular complexity index is 832. The monoisotopic (exact) mass is 343 g/mol. The number of carboxylic acid groups (broad SMARTS) is 1. The molecule has 24 heavy (non-hydrogen) atoms. The second kappa shape index (κ2) is 6.33. The van der Waals surface area contributed by atoms with E-state index in [2.05, 4.69) is 21.1 Å². The molecule has 0 atom stereocenters. The molecular formula is C17H17N3O3S. The van der Waals surface area contributed by atoms with E-state index in [1.807, 2.05) is 18.2 Å². The summed E-state index contributed by atoms with van der Waals surface area (Å²) < 4.78 is 6.08. The van der Waals surface area contributed by atoms with E-state index in [9.17, 15) is 9.90 Å². The molecule has 1 aromatic carbocycles. The number of benzene rings is 1. The van der Waals surface area contributed by atoms with Gasteiger partial charge in [0, 0.05) is 5.92 Å². The number of piperidine rings is 1. The molecule has 0 spiro atoms. The van der Waals surface area contributed by atoms with Gasteiger partial charge < -0.3 is 9.63 Å². The molecule has 3 aromatic rings. The van der Waals surface area contributed by atoms with Gasteiger partial charge in [-0.1, -0.05) is 17.3 Å². The van der Waals surface area contributed by atoms with E-state index in [1.54, 1.807) is 11.3 Å². The molecule has 0 aliphatic carbocycles. The molecule has 1 aliphatic rings. The van der Waals surface area contributed by atoms with Crippen molar-refractivity contribution in [2.24, 2.45) is 0 Å². The van der Waals surface area contributed by atoms with Crippen LogP contribution in [0.2, 0.25) is 0 Å². The lowest BCUT2D eigenvalue weighted by Crippen LogP contribution is -2.32. The van der Waals surface area contributed by atoms with Crippen molar-refractivity contribution in [3.63, 3.8) is 0 Å². The second-order valence-electron chi connectivity index (χ2n) is 6.04. The minimum absolute atomic E-state index is 0.154. The normalized spacial score (nSPS) is 16.7. The molecule has 1 aliphatic heterocycles. The Balaban J connectivity index is 1.41. The minimum Gasteiger partial charge on any atom is -0.478 e. The standard InChI is InChI=1S/C17H17N3O3S/c21-17(22)12-10-23-19-16(12)11-5-7-20(8-6-11)9-15-18-13-3-1-2-4-14(13)24-15/h1-4,10-11H,5-9H2,(H,21,22). The maximum Gasteiger partial charge on any atom is 0.340 e. The number of aromatic nitrogens is 2. The van der Waals surface area contributed by atoms with E-state index in [0.29, 0.717) is 5.69 Å². The topological polar surface area (TPSA) is 79.5 Å². The first-order valence-electron chi connectivity index (χ1n) is 7.95. The highest BCUT2D eigenvalue weighted by atomic mass is 32.1. The highest BCUT2D eigenvalue weighted by Gasteiger charge is 2.27. The lowest BCUT2D eigenvalue weighted by molar-refractivity contribution is 0.0693. The van der Waals surface area contributed by atoms with Crippen molar-refractivity contribution in [1.82, 2.24) is 15.0 Å². The van der Waals surface area contributed by atoms with Gasteiger partial charge in [-0.3, -0.25) is 4.90 Å². The average Bonchev–Trinajstić information content (AvgIpc) is 3.21. The number of fused-ring (bicyclic) bond motifs is 1. The van der Waals surface area contributed by atoms with E-state index in [-0.39, 0.29) is 11.5 Å². The van der Waals surface area contributed by atoms with Crippen LogP contribution in [0.15, 0.2) is 35.1 Å². The number of thiazole rings is 1. The SMILES string of the molecule is O=C(O)c1conc1C1CCN(Cc2nc3ccccc3s2)CC1. The van der Waals surface area contributed by atoms with Crippen molar-refractivity contribution in [1.29, 1.82) is 0 Å². The zero-order valence-corrected chi connectivity index (χ0v) is 13.8. The number of hydrogen-bond donors (Lipinski definition) is 1. The summed E-state index contributed by atoms with van der Waals surface area (Å²) in [6, 6.07) is 8.18. The van der Waals surface area contributed by atoms with Crippen molar-refractivity contribution >= 4 is 27.5 Å². The van der Waals surface area contributed by atoms with Crippen LogP contribution in [-0.2, 0) is 6.54 Å². The quantitative estimate of drug-likeness (QED) is 0.782. The number of para-hydroxylation sites is 1. The van der Waals surface area contributed by atoms with Gasteiger partial charge in [0.15, 0.2) is 0 Å². The van der Waals surface area contributed by atoms with Gasteiger partial charge in [0.25, 0.3) is 0 Å². The molecule has 124 valence electrons. The number of likely N-dealkylation sites (tertiary alicyclic amines) is 1. The van der Waals surface area contributed by atoms with Crippen LogP contribution in [0, 0.1) is 0 Å². The maximum absolute atomic E-state index is 11.2. The lowest BCUT2D eigenvalue weighted by Gasteiger charge is -2.30. The zero-order chi connectivity index (χ0) is 16.5. The Kier molecular flexibility index (Phi) is 4.03. The van der Waals surface area contributed by atoms with Crippen LogP contribution in [0.25, 0.3) is 10.2 Å². The van der Waals surface area contributed by atoms with E-state index in [0.717, 1.165) is 43.0 Å². The molecule has 0 bridgehead atoms. The fourth-order valence-electron chi connectivity index (χ4n) is 3.24. The number of carbonyl (C=O) groups is 1. The maximum atomic E-state index is 11.2. The average molecular weight is 343 g/mol. The number of hydrogen-bond acceptors (Lipinski definition) is 6. The number of nitrogens with zero attached hydrogens (tertiary/aromatic N) is 3. The van der Waals surface area contributed by atoms with Gasteiger partial charge in [0.2, 0.25) is 0 Å². The molecule has 0 unspecified atom stereocenters. The molecule has 1 saturated heterocycles. The van der Waals surface area contributed by atoms with Gasteiger partial charge in [-0.25, -0.2) is 9.78 Å². The van der Waals surface area contributed by atoms with Gasteiger partial charge >= 0.3 is 5.97 Å². The highest BCUT2D eigenvalue weighted by Crippen LogP contribution is 2.31. The number of carboxylic acids is 1. The van der Waals surface area contributed by atoms with Crippen molar-refractivity contribution in [3.05, 3.63) is 46.8 Å². The molecule has 0 amide bonds. The van der Waals surface area contributed by atoms with E-state index < -0.39 is 5.97 Å². The van der Waals surface area contributed by atoms with Crippen LogP contribution >= 0.6 is 11.3 Å². The highest BCUT2D eigenvalue weighted by molar-refractivity contribution is 7.18. The number of aromatic carboxylic acids is 1. The van der Waals surface area contributed by atoms with E-state index >= 15 is 0 Å². The molecule has 4 rings (SSSR count). The van der Waals surface area contributed by atoms with Crippen LogP contribution < -0.4 is 0 Å². The summed E-state index contributed by atoms with van der Waals surface area (Å²) in [5.74, 6) is -0.815. The first kappa shape index (κ1) is 15.3. The predicted octanol–water partition coefficient (Wildman–Crippen LogP) is 3.36. The molecule has 0 radical (unpaired) electrons. The molecule has 0 saturated carbocycles. The Morgan fingerprint density at radius 1 is 1.33 bits per heavy atom. The van der Waals surface area contributed by atoms with Gasteiger partial charge in [-0.2, -0.15) is 0 Å². The summed E-state index contributed by atoms with van der Waals surface area (Å²) in [5, 5.41) is 14.2. The molecule has 3 heterocycles. The number of rotatable bonds is 4. The summed E-state index contributed by atoms with van der Waals surface area (Å²) >= 11 is 1.74. The summed E-state index contributed by atoms with van der Waals surface area (Å²) in [4.78, 5) is 18.3. The van der Waals surface area contributed by atoms with Crippen LogP contribution in [0.5, 0.6) is 0 Å². The zero-order valence-electron chi connectivity index (χ0n) is 13.0. The van der Waals surface area contributed by atoms with Crippen LogP contribution in [0.3, 0.4) is 0 Å². The lowest BCUT2D eigenvalue weighted by atomic mass is 9.91. The molecule has 6 nitrogen and oxygen atoms in total. The smallest absolute Gasteiger partial charge is 0.340 e. The van der Waals surface area contributed by atoms with Crippen molar-refractivity contribution in [3.8, 4) is 0 Å². The van der Waals surface area contributed by atoms with Gasteiger partial charge in [0.05, 0.1) is 16.8 Å². The molecule has 1 fully saturated rings. The third-order valence-electron chi connectivity index (χ3n) is 4.50. The fraction of sp³-hybridized carbons (Fsp3) is 0.353. The Morgan fingerprint density at radius 2 is 2.12 bits per heavy atom. The van der Waals surface area contributed by atoms with Crippen LogP contribution in [-0.4, -0.2) is 39.2 Å². The third-order valence-corrected chi connectivity index (χ3v) is 5.52. The molecule has 1 N–H and O–H groups in total. The van der Waals surface area contributed by atoms with Gasteiger partial charge in [0.1, 0.15) is 22.5 Å². The minimum atomic E-state index is -0.969. The summed E-state index contributed by atoms with van der Waals surface area (Å²) in [5.41, 5.74) is 1.84. The van der Waals surface area contributed by atoms with Crippen molar-refractivity contribution < 1.29 is 14.4 Å². The van der Waals surface area contributed by atoms with Crippen molar-refractivity contribution in [2.45, 2.75) is 25.3 Å². The first-order chi connectivity index (χ1) is 11.7. The van der Waals surface area contributed by atoms with E-state index in [4.69, 9.17) is 4.52 Å².